The summed E-state index contributed by atoms with van der Waals surface area (Å²) in [5.74, 6) is 0.215. The predicted octanol–water partition coefficient (Wildman–Crippen LogP) is 4.70. The van der Waals surface area contributed by atoms with Gasteiger partial charge in [-0.25, -0.2) is 20.8 Å². The SMILES string of the molecule is Cc1ccc(S(=O)(=O)N2C[C@@H]3[C@@H](C)[C@]3(c3cc4ccccc4n3S(=O)(=O)c3ccc(C)cc3)C2)cc1. The van der Waals surface area contributed by atoms with E-state index in [-0.39, 0.29) is 28.2 Å². The number of fused-ring (bicyclic) bond motifs is 2. The van der Waals surface area contributed by atoms with E-state index in [4.69, 9.17) is 0 Å². The molecule has 0 unspecified atom stereocenters. The number of para-hydroxylation sites is 1. The number of sulfonamides is 1. The van der Waals surface area contributed by atoms with Crippen LogP contribution in [0.25, 0.3) is 10.9 Å². The molecule has 0 bridgehead atoms. The summed E-state index contributed by atoms with van der Waals surface area (Å²) in [6.07, 6.45) is 0. The summed E-state index contributed by atoms with van der Waals surface area (Å²) in [6.45, 7) is 6.58. The van der Waals surface area contributed by atoms with Crippen molar-refractivity contribution in [2.24, 2.45) is 11.8 Å². The molecule has 0 amide bonds. The van der Waals surface area contributed by atoms with E-state index < -0.39 is 25.5 Å². The number of rotatable bonds is 5. The lowest BCUT2D eigenvalue weighted by Gasteiger charge is -2.24. The van der Waals surface area contributed by atoms with Gasteiger partial charge in [0, 0.05) is 29.6 Å². The molecule has 6 rings (SSSR count). The normalized spacial score (nSPS) is 24.2. The van der Waals surface area contributed by atoms with Gasteiger partial charge in [0.05, 0.1) is 15.3 Å². The highest BCUT2D eigenvalue weighted by molar-refractivity contribution is 7.90. The fraction of sp³-hybridized carbons (Fsp3) is 0.286. The van der Waals surface area contributed by atoms with Gasteiger partial charge in [0.25, 0.3) is 10.0 Å². The van der Waals surface area contributed by atoms with E-state index in [2.05, 4.69) is 6.92 Å². The average molecular weight is 521 g/mol. The van der Waals surface area contributed by atoms with Gasteiger partial charge in [0.15, 0.2) is 0 Å². The smallest absolute Gasteiger partial charge is 0.237 e. The summed E-state index contributed by atoms with van der Waals surface area (Å²) in [4.78, 5) is 0.490. The molecule has 0 spiro atoms. The lowest BCUT2D eigenvalue weighted by Crippen LogP contribution is -2.35. The van der Waals surface area contributed by atoms with Crippen LogP contribution in [-0.4, -0.2) is 38.2 Å². The van der Waals surface area contributed by atoms with E-state index in [0.29, 0.717) is 17.8 Å². The lowest BCUT2D eigenvalue weighted by molar-refractivity contribution is 0.404. The van der Waals surface area contributed by atoms with Crippen LogP contribution in [-0.2, 0) is 25.5 Å². The Kier molecular flexibility index (Phi) is 5.07. The molecule has 1 saturated carbocycles. The van der Waals surface area contributed by atoms with Gasteiger partial charge in [0.2, 0.25) is 10.0 Å². The standard InChI is InChI=1S/C28H28N2O4S2/c1-19-8-12-23(13-9-19)35(31,32)29-17-25-21(3)28(25,18-29)27-16-22-6-4-5-7-26(22)30(27)36(33,34)24-14-10-20(2)11-15-24/h4-16,21,25H,17-18H2,1-3H3/t21-,25-,28-/m1/s1. The van der Waals surface area contributed by atoms with Crippen molar-refractivity contribution in [2.45, 2.75) is 36.0 Å². The highest BCUT2D eigenvalue weighted by Gasteiger charge is 2.70. The Labute approximate surface area is 212 Å². The first-order valence-electron chi connectivity index (χ1n) is 12.1. The zero-order valence-electron chi connectivity index (χ0n) is 20.4. The predicted molar refractivity (Wildman–Crippen MR) is 140 cm³/mol. The van der Waals surface area contributed by atoms with Gasteiger partial charge in [0.1, 0.15) is 0 Å². The Morgan fingerprint density at radius 3 is 1.94 bits per heavy atom. The van der Waals surface area contributed by atoms with Gasteiger partial charge in [-0.3, -0.25) is 0 Å². The van der Waals surface area contributed by atoms with Crippen molar-refractivity contribution in [3.05, 3.63) is 95.7 Å². The fourth-order valence-electron chi connectivity index (χ4n) is 5.96. The van der Waals surface area contributed by atoms with Gasteiger partial charge < -0.3 is 0 Å². The highest BCUT2D eigenvalue weighted by Crippen LogP contribution is 2.65. The van der Waals surface area contributed by atoms with Gasteiger partial charge in [-0.15, -0.1) is 0 Å². The number of aryl methyl sites for hydroxylation is 2. The second-order valence-electron chi connectivity index (χ2n) is 10.2. The van der Waals surface area contributed by atoms with Crippen molar-refractivity contribution in [1.82, 2.24) is 8.28 Å². The summed E-state index contributed by atoms with van der Waals surface area (Å²) >= 11 is 0. The largest absolute Gasteiger partial charge is 0.268 e. The minimum absolute atomic E-state index is 0.0500. The maximum Gasteiger partial charge on any atom is 0.268 e. The maximum absolute atomic E-state index is 14.0. The molecule has 2 aliphatic rings. The number of nitrogens with zero attached hydrogens (tertiary/aromatic N) is 2. The Balaban J connectivity index is 1.49. The summed E-state index contributed by atoms with van der Waals surface area (Å²) in [5, 5.41) is 0.829. The van der Waals surface area contributed by atoms with E-state index >= 15 is 0 Å². The minimum atomic E-state index is -3.90. The molecule has 1 aliphatic heterocycles. The molecule has 3 aromatic carbocycles. The first kappa shape index (κ1) is 23.5. The fourth-order valence-corrected chi connectivity index (χ4v) is 9.08. The van der Waals surface area contributed by atoms with Crippen LogP contribution in [0, 0.1) is 25.7 Å². The van der Waals surface area contributed by atoms with E-state index in [1.54, 1.807) is 48.5 Å². The number of piperidine rings is 1. The quantitative estimate of drug-likeness (QED) is 0.382. The Hall–Kier alpha value is -2.94. The number of hydrogen-bond acceptors (Lipinski definition) is 4. The van der Waals surface area contributed by atoms with Crippen molar-refractivity contribution in [3.8, 4) is 0 Å². The van der Waals surface area contributed by atoms with Crippen LogP contribution in [0.15, 0.2) is 88.7 Å². The second-order valence-corrected chi connectivity index (χ2v) is 13.9. The van der Waals surface area contributed by atoms with Crippen LogP contribution < -0.4 is 0 Å². The minimum Gasteiger partial charge on any atom is -0.237 e. The molecular formula is C28H28N2O4S2. The Morgan fingerprint density at radius 2 is 1.33 bits per heavy atom. The molecule has 186 valence electrons. The number of benzene rings is 3. The van der Waals surface area contributed by atoms with Crippen molar-refractivity contribution in [3.63, 3.8) is 0 Å². The van der Waals surface area contributed by atoms with Gasteiger partial charge in [-0.2, -0.15) is 4.31 Å². The van der Waals surface area contributed by atoms with Crippen molar-refractivity contribution in [2.75, 3.05) is 13.1 Å². The molecule has 1 aromatic heterocycles. The van der Waals surface area contributed by atoms with E-state index in [0.717, 1.165) is 16.5 Å². The third-order valence-corrected chi connectivity index (χ3v) is 11.7. The zero-order chi connectivity index (χ0) is 25.5. The topological polar surface area (TPSA) is 76.5 Å². The first-order chi connectivity index (χ1) is 17.1. The highest BCUT2D eigenvalue weighted by atomic mass is 32.2. The van der Waals surface area contributed by atoms with Gasteiger partial charge >= 0.3 is 0 Å². The van der Waals surface area contributed by atoms with Crippen LogP contribution in [0.1, 0.15) is 23.7 Å². The molecule has 0 N–H and O–H groups in total. The molecule has 36 heavy (non-hydrogen) atoms. The first-order valence-corrected chi connectivity index (χ1v) is 14.9. The molecule has 1 aliphatic carbocycles. The van der Waals surface area contributed by atoms with Crippen molar-refractivity contribution < 1.29 is 16.8 Å². The van der Waals surface area contributed by atoms with Gasteiger partial charge in [-0.1, -0.05) is 60.5 Å². The van der Waals surface area contributed by atoms with E-state index in [9.17, 15) is 16.8 Å². The monoisotopic (exact) mass is 520 g/mol. The lowest BCUT2D eigenvalue weighted by atomic mass is 9.99. The summed E-state index contributed by atoms with van der Waals surface area (Å²) < 4.78 is 58.1. The number of hydrogen-bond donors (Lipinski definition) is 0. The van der Waals surface area contributed by atoms with Crippen LogP contribution in [0.5, 0.6) is 0 Å². The molecule has 3 atom stereocenters. The Bertz CT molecular complexity index is 1710. The van der Waals surface area contributed by atoms with Gasteiger partial charge in [-0.05, 0) is 62.1 Å². The zero-order valence-corrected chi connectivity index (χ0v) is 22.1. The molecule has 1 saturated heterocycles. The van der Waals surface area contributed by atoms with Crippen molar-refractivity contribution in [1.29, 1.82) is 0 Å². The summed E-state index contributed by atoms with van der Waals surface area (Å²) in [6, 6.07) is 23.2. The van der Waals surface area contributed by atoms with Crippen molar-refractivity contribution >= 4 is 30.9 Å². The maximum atomic E-state index is 14.0. The van der Waals surface area contributed by atoms with E-state index in [1.165, 1.54) is 8.28 Å². The summed E-state index contributed by atoms with van der Waals surface area (Å²) in [5.41, 5.74) is 2.69. The van der Waals surface area contributed by atoms with Crippen LogP contribution in [0.3, 0.4) is 0 Å². The number of aromatic nitrogens is 1. The van der Waals surface area contributed by atoms with Crippen LogP contribution >= 0.6 is 0 Å². The molecular weight excluding hydrogens is 492 g/mol. The third-order valence-electron chi connectivity index (χ3n) is 8.17. The Morgan fingerprint density at radius 1 is 0.778 bits per heavy atom. The molecule has 6 nitrogen and oxygen atoms in total. The second kappa shape index (κ2) is 7.78. The molecule has 0 radical (unpaired) electrons. The van der Waals surface area contributed by atoms with Crippen LogP contribution in [0.4, 0.5) is 0 Å². The summed E-state index contributed by atoms with van der Waals surface area (Å²) in [7, 11) is -7.59. The van der Waals surface area contributed by atoms with E-state index in [1.807, 2.05) is 44.2 Å². The average Bonchev–Trinajstić information content (AvgIpc) is 3.20. The van der Waals surface area contributed by atoms with Crippen LogP contribution in [0.2, 0.25) is 0 Å². The molecule has 2 fully saturated rings. The third kappa shape index (κ3) is 3.24. The molecule has 2 heterocycles. The molecule has 8 heteroatoms. The molecule has 4 aromatic rings.